The standard InChI is InChI=1S/C13H24N2S/c1-4-12-10-13(5-2)15(14-12)8-6-11(3)7-9-16/h10-11,16H,4-9H2,1-3H3. The number of hydrogen-bond acceptors (Lipinski definition) is 2. The second-order valence-corrected chi connectivity index (χ2v) is 4.91. The molecule has 1 rings (SSSR count). The van der Waals surface area contributed by atoms with Gasteiger partial charge in [0, 0.05) is 12.2 Å². The van der Waals surface area contributed by atoms with Crippen molar-refractivity contribution in [2.75, 3.05) is 5.75 Å². The van der Waals surface area contributed by atoms with E-state index in [0.29, 0.717) is 0 Å². The monoisotopic (exact) mass is 240 g/mol. The predicted octanol–water partition coefficient (Wildman–Crippen LogP) is 3.35. The van der Waals surface area contributed by atoms with Gasteiger partial charge < -0.3 is 0 Å². The Bertz CT molecular complexity index is 307. The van der Waals surface area contributed by atoms with Gasteiger partial charge in [-0.3, -0.25) is 4.68 Å². The van der Waals surface area contributed by atoms with Crippen LogP contribution >= 0.6 is 12.6 Å². The Hall–Kier alpha value is -0.440. The summed E-state index contributed by atoms with van der Waals surface area (Å²) in [5, 5.41) is 4.63. The predicted molar refractivity (Wildman–Crippen MR) is 73.2 cm³/mol. The highest BCUT2D eigenvalue weighted by molar-refractivity contribution is 7.80. The summed E-state index contributed by atoms with van der Waals surface area (Å²) in [7, 11) is 0. The summed E-state index contributed by atoms with van der Waals surface area (Å²) < 4.78 is 2.19. The molecule has 0 aromatic carbocycles. The van der Waals surface area contributed by atoms with Crippen molar-refractivity contribution in [1.82, 2.24) is 9.78 Å². The minimum Gasteiger partial charge on any atom is -0.269 e. The molecule has 0 bridgehead atoms. The summed E-state index contributed by atoms with van der Waals surface area (Å²) in [6.07, 6.45) is 4.52. The Kier molecular flexibility index (Phi) is 5.96. The van der Waals surface area contributed by atoms with Gasteiger partial charge in [0.1, 0.15) is 0 Å². The highest BCUT2D eigenvalue weighted by atomic mass is 32.1. The third-order valence-electron chi connectivity index (χ3n) is 3.09. The smallest absolute Gasteiger partial charge is 0.0624 e. The molecule has 0 amide bonds. The molecule has 3 heteroatoms. The van der Waals surface area contributed by atoms with Gasteiger partial charge in [-0.1, -0.05) is 20.8 Å². The number of aryl methyl sites for hydroxylation is 3. The van der Waals surface area contributed by atoms with Gasteiger partial charge in [0.25, 0.3) is 0 Å². The van der Waals surface area contributed by atoms with E-state index in [4.69, 9.17) is 0 Å². The summed E-state index contributed by atoms with van der Waals surface area (Å²) in [6.45, 7) is 7.71. The fraction of sp³-hybridized carbons (Fsp3) is 0.769. The summed E-state index contributed by atoms with van der Waals surface area (Å²) in [5.41, 5.74) is 2.59. The third kappa shape index (κ3) is 3.85. The molecule has 1 heterocycles. The van der Waals surface area contributed by atoms with Gasteiger partial charge in [0.15, 0.2) is 0 Å². The molecule has 1 unspecified atom stereocenters. The van der Waals surface area contributed by atoms with Crippen LogP contribution in [0.25, 0.3) is 0 Å². The van der Waals surface area contributed by atoms with Crippen molar-refractivity contribution in [3.8, 4) is 0 Å². The lowest BCUT2D eigenvalue weighted by Gasteiger charge is -2.11. The fourth-order valence-corrected chi connectivity index (χ4v) is 2.31. The van der Waals surface area contributed by atoms with Crippen molar-refractivity contribution in [2.45, 2.75) is 53.0 Å². The van der Waals surface area contributed by atoms with Crippen LogP contribution < -0.4 is 0 Å². The van der Waals surface area contributed by atoms with E-state index in [1.165, 1.54) is 24.2 Å². The van der Waals surface area contributed by atoms with Crippen molar-refractivity contribution in [3.63, 3.8) is 0 Å². The van der Waals surface area contributed by atoms with Gasteiger partial charge in [-0.05, 0) is 43.4 Å². The van der Waals surface area contributed by atoms with Crippen LogP contribution in [0.5, 0.6) is 0 Å². The Labute approximate surface area is 105 Å². The van der Waals surface area contributed by atoms with Crippen LogP contribution in [0.2, 0.25) is 0 Å². The first kappa shape index (κ1) is 13.6. The maximum absolute atomic E-state index is 4.63. The third-order valence-corrected chi connectivity index (χ3v) is 3.35. The highest BCUT2D eigenvalue weighted by Gasteiger charge is 2.07. The Morgan fingerprint density at radius 1 is 1.31 bits per heavy atom. The molecular weight excluding hydrogens is 216 g/mol. The van der Waals surface area contributed by atoms with Gasteiger partial charge in [-0.15, -0.1) is 0 Å². The average molecular weight is 240 g/mol. The molecule has 1 atom stereocenters. The summed E-state index contributed by atoms with van der Waals surface area (Å²) in [5.74, 6) is 1.73. The summed E-state index contributed by atoms with van der Waals surface area (Å²) in [6, 6.07) is 2.24. The van der Waals surface area contributed by atoms with Gasteiger partial charge in [-0.25, -0.2) is 0 Å². The zero-order valence-corrected chi connectivity index (χ0v) is 11.6. The van der Waals surface area contributed by atoms with Crippen molar-refractivity contribution < 1.29 is 0 Å². The minimum atomic E-state index is 0.747. The van der Waals surface area contributed by atoms with E-state index < -0.39 is 0 Å². The maximum Gasteiger partial charge on any atom is 0.0624 e. The van der Waals surface area contributed by atoms with Crippen LogP contribution in [0.3, 0.4) is 0 Å². The molecule has 0 saturated heterocycles. The number of aromatic nitrogens is 2. The lowest BCUT2D eigenvalue weighted by atomic mass is 10.1. The van der Waals surface area contributed by atoms with Gasteiger partial charge in [-0.2, -0.15) is 17.7 Å². The molecule has 0 fully saturated rings. The van der Waals surface area contributed by atoms with Crippen LogP contribution in [0, 0.1) is 5.92 Å². The van der Waals surface area contributed by atoms with Crippen LogP contribution in [-0.4, -0.2) is 15.5 Å². The van der Waals surface area contributed by atoms with Crippen molar-refractivity contribution in [3.05, 3.63) is 17.5 Å². The molecule has 0 saturated carbocycles. The molecule has 0 N–H and O–H groups in total. The highest BCUT2D eigenvalue weighted by Crippen LogP contribution is 2.12. The second-order valence-electron chi connectivity index (χ2n) is 4.46. The molecule has 0 radical (unpaired) electrons. The number of nitrogens with zero attached hydrogens (tertiary/aromatic N) is 2. The molecule has 1 aromatic heterocycles. The summed E-state index contributed by atoms with van der Waals surface area (Å²) >= 11 is 4.28. The largest absolute Gasteiger partial charge is 0.269 e. The van der Waals surface area contributed by atoms with Gasteiger partial charge in [0.05, 0.1) is 5.69 Å². The topological polar surface area (TPSA) is 17.8 Å². The van der Waals surface area contributed by atoms with E-state index in [-0.39, 0.29) is 0 Å². The fourth-order valence-electron chi connectivity index (χ4n) is 1.87. The molecule has 0 spiro atoms. The molecule has 1 aromatic rings. The molecule has 0 aliphatic rings. The summed E-state index contributed by atoms with van der Waals surface area (Å²) in [4.78, 5) is 0. The first-order valence-electron chi connectivity index (χ1n) is 6.37. The van der Waals surface area contributed by atoms with Crippen LogP contribution in [0.1, 0.15) is 45.0 Å². The molecular formula is C13H24N2S. The number of rotatable bonds is 7. The van der Waals surface area contributed by atoms with Crippen LogP contribution in [-0.2, 0) is 19.4 Å². The Morgan fingerprint density at radius 3 is 2.62 bits per heavy atom. The normalized spacial score (nSPS) is 13.0. The molecule has 0 aliphatic heterocycles. The molecule has 92 valence electrons. The van der Waals surface area contributed by atoms with E-state index in [2.05, 4.69) is 49.2 Å². The first-order chi connectivity index (χ1) is 7.71. The van der Waals surface area contributed by atoms with Crippen molar-refractivity contribution in [1.29, 1.82) is 0 Å². The van der Waals surface area contributed by atoms with Crippen molar-refractivity contribution in [2.24, 2.45) is 5.92 Å². The van der Waals surface area contributed by atoms with Gasteiger partial charge in [0.2, 0.25) is 0 Å². The maximum atomic E-state index is 4.63. The average Bonchev–Trinajstić information content (AvgIpc) is 2.69. The zero-order chi connectivity index (χ0) is 12.0. The van der Waals surface area contributed by atoms with Gasteiger partial charge >= 0.3 is 0 Å². The zero-order valence-electron chi connectivity index (χ0n) is 10.7. The quantitative estimate of drug-likeness (QED) is 0.724. The molecule has 0 aliphatic carbocycles. The Balaban J connectivity index is 2.54. The first-order valence-corrected chi connectivity index (χ1v) is 7.00. The SMILES string of the molecule is CCc1cc(CC)n(CCC(C)CCS)n1. The Morgan fingerprint density at radius 2 is 2.06 bits per heavy atom. The van der Waals surface area contributed by atoms with Crippen LogP contribution in [0.4, 0.5) is 0 Å². The lowest BCUT2D eigenvalue weighted by Crippen LogP contribution is -2.08. The number of hydrogen-bond donors (Lipinski definition) is 1. The van der Waals surface area contributed by atoms with E-state index in [1.807, 2.05) is 0 Å². The van der Waals surface area contributed by atoms with E-state index in [0.717, 1.165) is 31.1 Å². The van der Waals surface area contributed by atoms with Crippen molar-refractivity contribution >= 4 is 12.6 Å². The minimum absolute atomic E-state index is 0.747. The second kappa shape index (κ2) is 7.00. The number of thiol groups is 1. The van der Waals surface area contributed by atoms with Crippen LogP contribution in [0.15, 0.2) is 6.07 Å². The van der Waals surface area contributed by atoms with E-state index in [1.54, 1.807) is 0 Å². The molecule has 2 nitrogen and oxygen atoms in total. The van der Waals surface area contributed by atoms with E-state index >= 15 is 0 Å². The van der Waals surface area contributed by atoms with E-state index in [9.17, 15) is 0 Å². The molecule has 16 heavy (non-hydrogen) atoms. The lowest BCUT2D eigenvalue weighted by molar-refractivity contribution is 0.442.